The molecule has 6 nitrogen and oxygen atoms in total. The van der Waals surface area contributed by atoms with Crippen molar-refractivity contribution in [2.45, 2.75) is 31.7 Å². The summed E-state index contributed by atoms with van der Waals surface area (Å²) in [4.78, 5) is 28.9. The Morgan fingerprint density at radius 1 is 1.08 bits per heavy atom. The molecule has 1 fully saturated rings. The molecule has 1 saturated carbocycles. The Kier molecular flexibility index (Phi) is 3.16. The smallest absolute Gasteiger partial charge is 0.289 e. The minimum absolute atomic E-state index is 0.112. The van der Waals surface area contributed by atoms with Gasteiger partial charge in [0, 0.05) is 23.2 Å². The number of benzene rings is 1. The van der Waals surface area contributed by atoms with Crippen molar-refractivity contribution in [3.8, 4) is 11.3 Å². The van der Waals surface area contributed by atoms with Gasteiger partial charge in [-0.1, -0.05) is 31.0 Å². The fourth-order valence-electron chi connectivity index (χ4n) is 3.85. The number of nitrogens with zero attached hydrogens (tertiary/aromatic N) is 4. The molecule has 1 N–H and O–H groups in total. The summed E-state index contributed by atoms with van der Waals surface area (Å²) in [6.07, 6.45) is 7.87. The normalized spacial score (nSPS) is 15.4. The van der Waals surface area contributed by atoms with Gasteiger partial charge in [0.1, 0.15) is 0 Å². The first-order chi connectivity index (χ1) is 12.3. The number of aromatic nitrogens is 5. The molecule has 0 radical (unpaired) electrons. The fourth-order valence-corrected chi connectivity index (χ4v) is 3.85. The summed E-state index contributed by atoms with van der Waals surface area (Å²) in [6.45, 7) is 0. The van der Waals surface area contributed by atoms with E-state index >= 15 is 0 Å². The molecule has 0 atom stereocenters. The highest BCUT2D eigenvalue weighted by Gasteiger charge is 2.22. The Hall–Kier alpha value is -3.02. The molecule has 25 heavy (non-hydrogen) atoms. The van der Waals surface area contributed by atoms with Gasteiger partial charge in [0.15, 0.2) is 11.3 Å². The molecule has 0 amide bonds. The first-order valence-electron chi connectivity index (χ1n) is 8.62. The van der Waals surface area contributed by atoms with Gasteiger partial charge in [0.2, 0.25) is 0 Å². The number of aromatic amines is 1. The second kappa shape index (κ2) is 5.51. The van der Waals surface area contributed by atoms with Gasteiger partial charge < -0.3 is 0 Å². The standard InChI is InChI=1S/C19H17N5O/c25-19-23-17-18(24(19)12-5-1-2-6-12)22-16(11-21-17)14-7-3-9-15-13(14)8-4-10-20-15/h3-4,7-12H,1-2,5-6H2,(H,21,23,25). The Bertz CT molecular complexity index is 1130. The average Bonchev–Trinajstić information content (AvgIpc) is 3.27. The number of hydrogen-bond donors (Lipinski definition) is 1. The van der Waals surface area contributed by atoms with Crippen LogP contribution in [-0.4, -0.2) is 24.5 Å². The molecule has 0 spiro atoms. The number of rotatable bonds is 2. The third kappa shape index (κ3) is 2.25. The van der Waals surface area contributed by atoms with Crippen molar-refractivity contribution in [1.29, 1.82) is 0 Å². The van der Waals surface area contributed by atoms with Gasteiger partial charge in [-0.3, -0.25) is 14.5 Å². The monoisotopic (exact) mass is 331 g/mol. The van der Waals surface area contributed by atoms with Crippen LogP contribution in [0, 0.1) is 0 Å². The number of H-pyrrole nitrogens is 1. The van der Waals surface area contributed by atoms with Crippen molar-refractivity contribution < 1.29 is 0 Å². The SMILES string of the molecule is O=c1[nH]c2ncc(-c3cccc4ncccc34)nc2n1C1CCCC1. The van der Waals surface area contributed by atoms with E-state index in [0.29, 0.717) is 11.3 Å². The van der Waals surface area contributed by atoms with Crippen LogP contribution >= 0.6 is 0 Å². The van der Waals surface area contributed by atoms with Crippen LogP contribution in [0.25, 0.3) is 33.5 Å². The molecule has 1 aromatic carbocycles. The van der Waals surface area contributed by atoms with Gasteiger partial charge in [0.05, 0.1) is 17.4 Å². The summed E-state index contributed by atoms with van der Waals surface area (Å²) in [6, 6.07) is 10.1. The Labute approximate surface area is 143 Å². The van der Waals surface area contributed by atoms with Crippen molar-refractivity contribution in [1.82, 2.24) is 24.5 Å². The van der Waals surface area contributed by atoms with Crippen molar-refractivity contribution in [3.63, 3.8) is 0 Å². The number of fused-ring (bicyclic) bond motifs is 2. The van der Waals surface area contributed by atoms with Gasteiger partial charge in [-0.2, -0.15) is 0 Å². The van der Waals surface area contributed by atoms with E-state index < -0.39 is 0 Å². The summed E-state index contributed by atoms with van der Waals surface area (Å²) in [5, 5.41) is 1.03. The van der Waals surface area contributed by atoms with Gasteiger partial charge >= 0.3 is 5.69 Å². The zero-order valence-corrected chi connectivity index (χ0v) is 13.6. The lowest BCUT2D eigenvalue weighted by Gasteiger charge is -2.11. The zero-order valence-electron chi connectivity index (χ0n) is 13.6. The maximum Gasteiger partial charge on any atom is 0.329 e. The van der Waals surface area contributed by atoms with Crippen LogP contribution in [0.1, 0.15) is 31.7 Å². The Morgan fingerprint density at radius 3 is 2.84 bits per heavy atom. The zero-order chi connectivity index (χ0) is 16.8. The highest BCUT2D eigenvalue weighted by atomic mass is 16.1. The maximum atomic E-state index is 12.4. The molecular formula is C19H17N5O. The molecule has 0 bridgehead atoms. The highest BCUT2D eigenvalue weighted by molar-refractivity contribution is 5.93. The van der Waals surface area contributed by atoms with Crippen LogP contribution in [0.2, 0.25) is 0 Å². The number of pyridine rings is 1. The molecule has 0 unspecified atom stereocenters. The van der Waals surface area contributed by atoms with Crippen molar-refractivity contribution in [2.75, 3.05) is 0 Å². The molecule has 1 aliphatic carbocycles. The molecule has 3 heterocycles. The summed E-state index contributed by atoms with van der Waals surface area (Å²) < 4.78 is 1.79. The summed E-state index contributed by atoms with van der Waals surface area (Å²) in [5.74, 6) is 0. The van der Waals surface area contributed by atoms with Crippen molar-refractivity contribution in [3.05, 3.63) is 53.2 Å². The molecule has 124 valence electrons. The second-order valence-corrected chi connectivity index (χ2v) is 6.54. The largest absolute Gasteiger partial charge is 0.329 e. The van der Waals surface area contributed by atoms with E-state index in [2.05, 4.69) is 15.0 Å². The van der Waals surface area contributed by atoms with Crippen LogP contribution in [0.5, 0.6) is 0 Å². The molecule has 1 aliphatic rings. The molecule has 3 aromatic heterocycles. The van der Waals surface area contributed by atoms with Crippen LogP contribution in [-0.2, 0) is 0 Å². The lowest BCUT2D eigenvalue weighted by Crippen LogP contribution is -2.20. The third-order valence-corrected chi connectivity index (χ3v) is 5.04. The molecule has 6 heteroatoms. The average molecular weight is 331 g/mol. The first-order valence-corrected chi connectivity index (χ1v) is 8.62. The number of nitrogens with one attached hydrogen (secondary N) is 1. The predicted octanol–water partition coefficient (Wildman–Crippen LogP) is 3.45. The lowest BCUT2D eigenvalue weighted by atomic mass is 10.1. The van der Waals surface area contributed by atoms with Gasteiger partial charge in [-0.05, 0) is 25.0 Å². The van der Waals surface area contributed by atoms with Crippen molar-refractivity contribution in [2.24, 2.45) is 0 Å². The van der Waals surface area contributed by atoms with Crippen molar-refractivity contribution >= 4 is 22.2 Å². The molecule has 5 rings (SSSR count). The Morgan fingerprint density at radius 2 is 1.96 bits per heavy atom. The van der Waals surface area contributed by atoms with Crippen LogP contribution in [0.4, 0.5) is 0 Å². The summed E-state index contributed by atoms with van der Waals surface area (Å²) in [5.41, 5.74) is 3.75. The minimum atomic E-state index is -0.112. The molecular weight excluding hydrogens is 314 g/mol. The van der Waals surface area contributed by atoms with E-state index in [1.165, 1.54) is 0 Å². The predicted molar refractivity (Wildman–Crippen MR) is 96.4 cm³/mol. The fraction of sp³-hybridized carbons (Fsp3) is 0.263. The van der Waals surface area contributed by atoms with Gasteiger partial charge in [0.25, 0.3) is 0 Å². The quantitative estimate of drug-likeness (QED) is 0.610. The molecule has 0 saturated heterocycles. The van der Waals surface area contributed by atoms with E-state index in [1.54, 1.807) is 17.0 Å². The Balaban J connectivity index is 1.74. The van der Waals surface area contributed by atoms with E-state index in [-0.39, 0.29) is 11.7 Å². The topological polar surface area (TPSA) is 76.5 Å². The first kappa shape index (κ1) is 14.3. The van der Waals surface area contributed by atoms with E-state index in [9.17, 15) is 4.79 Å². The van der Waals surface area contributed by atoms with E-state index in [0.717, 1.165) is 47.8 Å². The number of hydrogen-bond acceptors (Lipinski definition) is 4. The highest BCUT2D eigenvalue weighted by Crippen LogP contribution is 2.31. The van der Waals surface area contributed by atoms with E-state index in [1.807, 2.05) is 30.3 Å². The molecule has 4 aromatic rings. The lowest BCUT2D eigenvalue weighted by molar-refractivity contribution is 0.515. The summed E-state index contributed by atoms with van der Waals surface area (Å²) in [7, 11) is 0. The second-order valence-electron chi connectivity index (χ2n) is 6.54. The van der Waals surface area contributed by atoms with Gasteiger partial charge in [-0.15, -0.1) is 0 Å². The van der Waals surface area contributed by atoms with E-state index in [4.69, 9.17) is 4.98 Å². The maximum absolute atomic E-state index is 12.4. The van der Waals surface area contributed by atoms with Crippen LogP contribution in [0.15, 0.2) is 47.5 Å². The van der Waals surface area contributed by atoms with Crippen LogP contribution < -0.4 is 5.69 Å². The van der Waals surface area contributed by atoms with Gasteiger partial charge in [-0.25, -0.2) is 14.8 Å². The number of imidazole rings is 1. The third-order valence-electron chi connectivity index (χ3n) is 5.04. The van der Waals surface area contributed by atoms with Crippen LogP contribution in [0.3, 0.4) is 0 Å². The molecule has 0 aliphatic heterocycles. The summed E-state index contributed by atoms with van der Waals surface area (Å²) >= 11 is 0. The minimum Gasteiger partial charge on any atom is -0.289 e.